The number of nitrogens with zero attached hydrogens (tertiary/aromatic N) is 2. The Morgan fingerprint density at radius 2 is 1.63 bits per heavy atom. The molecule has 2 saturated heterocycles. The van der Waals surface area contributed by atoms with Crippen LogP contribution >= 0.6 is 0 Å². The molecular formula is C29H33N3O3. The fourth-order valence-electron chi connectivity index (χ4n) is 5.53. The van der Waals surface area contributed by atoms with E-state index in [9.17, 15) is 9.90 Å². The van der Waals surface area contributed by atoms with Crippen molar-refractivity contribution < 1.29 is 14.6 Å². The maximum atomic E-state index is 13.2. The molecule has 0 aromatic heterocycles. The Balaban J connectivity index is 1.32. The first kappa shape index (κ1) is 23.4. The Morgan fingerprint density at radius 3 is 2.31 bits per heavy atom. The molecule has 2 heterocycles. The standard InChI is InChI=1S/C29H33N3O3/c1-35-25-15-13-24(14-16-25)30-29(34)31-17-5-6-18-32-26(19-31)28(27(32)20-33)23-11-9-22(10-12-23)21-7-3-2-4-8-21/h2-4,7-16,26-28,33H,5-6,17-20H2,1H3,(H,30,34)/t26-,27?,28+/m0/s1. The van der Waals surface area contributed by atoms with Gasteiger partial charge in [-0.1, -0.05) is 54.6 Å². The number of amides is 2. The van der Waals surface area contributed by atoms with Gasteiger partial charge < -0.3 is 20.1 Å². The van der Waals surface area contributed by atoms with Gasteiger partial charge in [-0.25, -0.2) is 4.79 Å². The predicted octanol–water partition coefficient (Wildman–Crippen LogP) is 4.82. The highest BCUT2D eigenvalue weighted by molar-refractivity contribution is 5.89. The molecule has 0 radical (unpaired) electrons. The Kier molecular flexibility index (Phi) is 7.02. The van der Waals surface area contributed by atoms with E-state index in [1.165, 1.54) is 16.7 Å². The zero-order chi connectivity index (χ0) is 24.2. The van der Waals surface area contributed by atoms with Crippen LogP contribution in [0.4, 0.5) is 10.5 Å². The fraction of sp³-hybridized carbons (Fsp3) is 0.345. The van der Waals surface area contributed by atoms with Crippen LogP contribution in [0.2, 0.25) is 0 Å². The molecule has 0 aliphatic carbocycles. The minimum atomic E-state index is -0.0809. The monoisotopic (exact) mass is 471 g/mol. The van der Waals surface area contributed by atoms with Crippen LogP contribution in [-0.2, 0) is 0 Å². The van der Waals surface area contributed by atoms with Gasteiger partial charge in [0.05, 0.1) is 13.7 Å². The number of rotatable bonds is 5. The largest absolute Gasteiger partial charge is 0.497 e. The van der Waals surface area contributed by atoms with Gasteiger partial charge in [0, 0.05) is 36.8 Å². The lowest BCUT2D eigenvalue weighted by Gasteiger charge is -2.57. The number of urea groups is 1. The summed E-state index contributed by atoms with van der Waals surface area (Å²) in [6.45, 7) is 2.46. The first-order chi connectivity index (χ1) is 17.2. The average Bonchev–Trinajstić information content (AvgIpc) is 2.89. The highest BCUT2D eigenvalue weighted by atomic mass is 16.5. The highest BCUT2D eigenvalue weighted by Crippen LogP contribution is 2.42. The number of aliphatic hydroxyl groups excluding tert-OH is 1. The number of ether oxygens (including phenoxy) is 1. The summed E-state index contributed by atoms with van der Waals surface area (Å²) >= 11 is 0. The van der Waals surface area contributed by atoms with Crippen LogP contribution < -0.4 is 10.1 Å². The lowest BCUT2D eigenvalue weighted by molar-refractivity contribution is -0.0585. The van der Waals surface area contributed by atoms with Gasteiger partial charge in [0.25, 0.3) is 0 Å². The van der Waals surface area contributed by atoms with Crippen molar-refractivity contribution in [2.45, 2.75) is 30.8 Å². The number of aliphatic hydroxyl groups is 1. The molecule has 3 aromatic carbocycles. The van der Waals surface area contributed by atoms with Crippen LogP contribution in [0.15, 0.2) is 78.9 Å². The van der Waals surface area contributed by atoms with E-state index < -0.39 is 0 Å². The Bertz CT molecular complexity index is 1120. The summed E-state index contributed by atoms with van der Waals surface area (Å²) in [6, 6.07) is 26.7. The average molecular weight is 472 g/mol. The lowest BCUT2D eigenvalue weighted by atomic mass is 9.74. The summed E-state index contributed by atoms with van der Waals surface area (Å²) in [6.07, 6.45) is 1.97. The Labute approximate surface area is 207 Å². The number of anilines is 1. The molecule has 6 nitrogen and oxygen atoms in total. The van der Waals surface area contributed by atoms with E-state index in [4.69, 9.17) is 4.74 Å². The molecule has 6 heteroatoms. The zero-order valence-electron chi connectivity index (χ0n) is 20.1. The number of nitrogens with one attached hydrogen (secondary N) is 1. The zero-order valence-corrected chi connectivity index (χ0v) is 20.1. The third-order valence-corrected chi connectivity index (χ3v) is 7.40. The van der Waals surface area contributed by atoms with E-state index in [-0.39, 0.29) is 30.6 Å². The van der Waals surface area contributed by atoms with Gasteiger partial charge in [-0.05, 0) is 60.3 Å². The van der Waals surface area contributed by atoms with Gasteiger partial charge >= 0.3 is 6.03 Å². The van der Waals surface area contributed by atoms with Crippen molar-refractivity contribution in [1.29, 1.82) is 0 Å². The second kappa shape index (κ2) is 10.5. The molecule has 0 spiro atoms. The Morgan fingerprint density at radius 1 is 0.943 bits per heavy atom. The van der Waals surface area contributed by atoms with E-state index in [2.05, 4.69) is 58.7 Å². The van der Waals surface area contributed by atoms with Crippen LogP contribution in [-0.4, -0.2) is 66.4 Å². The van der Waals surface area contributed by atoms with Crippen molar-refractivity contribution in [3.63, 3.8) is 0 Å². The summed E-state index contributed by atoms with van der Waals surface area (Å²) in [5.74, 6) is 0.953. The molecule has 2 N–H and O–H groups in total. The lowest BCUT2D eigenvalue weighted by Crippen LogP contribution is -2.68. The topological polar surface area (TPSA) is 65.0 Å². The number of fused-ring (bicyclic) bond motifs is 1. The fourth-order valence-corrected chi connectivity index (χ4v) is 5.53. The van der Waals surface area contributed by atoms with E-state index >= 15 is 0 Å². The molecule has 2 aliphatic heterocycles. The van der Waals surface area contributed by atoms with Gasteiger partial charge in [0.15, 0.2) is 0 Å². The van der Waals surface area contributed by atoms with Crippen LogP contribution in [0.25, 0.3) is 11.1 Å². The molecule has 3 aromatic rings. The van der Waals surface area contributed by atoms with E-state index in [0.29, 0.717) is 6.54 Å². The number of methoxy groups -OCH3 is 1. The molecule has 3 atom stereocenters. The maximum Gasteiger partial charge on any atom is 0.321 e. The van der Waals surface area contributed by atoms with Gasteiger partial charge in [-0.2, -0.15) is 0 Å². The molecule has 2 aliphatic rings. The molecule has 1 unspecified atom stereocenters. The summed E-state index contributed by atoms with van der Waals surface area (Å²) < 4.78 is 5.21. The minimum Gasteiger partial charge on any atom is -0.497 e. The molecule has 0 bridgehead atoms. The SMILES string of the molecule is COc1ccc(NC(=O)N2CCCCN3C(CO)[C@H](c4ccc(-c5ccccc5)cc4)[C@@H]3C2)cc1. The van der Waals surface area contributed by atoms with Crippen LogP contribution in [0.3, 0.4) is 0 Å². The second-order valence-electron chi connectivity index (χ2n) is 9.38. The minimum absolute atomic E-state index is 0.0809. The maximum absolute atomic E-state index is 13.2. The molecule has 182 valence electrons. The number of carbonyl (C=O) groups excluding carboxylic acids is 1. The van der Waals surface area contributed by atoms with E-state index in [1.54, 1.807) is 7.11 Å². The second-order valence-corrected chi connectivity index (χ2v) is 9.38. The summed E-state index contributed by atoms with van der Waals surface area (Å²) in [5, 5.41) is 13.3. The van der Waals surface area contributed by atoms with Gasteiger partial charge in [-0.3, -0.25) is 4.90 Å². The number of benzene rings is 3. The van der Waals surface area contributed by atoms with Gasteiger partial charge in [0.1, 0.15) is 5.75 Å². The first-order valence-electron chi connectivity index (χ1n) is 12.4. The molecule has 2 fully saturated rings. The molecule has 2 amide bonds. The van der Waals surface area contributed by atoms with Gasteiger partial charge in [-0.15, -0.1) is 0 Å². The highest BCUT2D eigenvalue weighted by Gasteiger charge is 2.49. The third-order valence-electron chi connectivity index (χ3n) is 7.40. The van der Waals surface area contributed by atoms with Gasteiger partial charge in [0.2, 0.25) is 0 Å². The van der Waals surface area contributed by atoms with Crippen molar-refractivity contribution in [2.75, 3.05) is 38.7 Å². The molecule has 35 heavy (non-hydrogen) atoms. The van der Waals surface area contributed by atoms with Crippen molar-refractivity contribution >= 4 is 11.7 Å². The van der Waals surface area contributed by atoms with Crippen molar-refractivity contribution in [2.24, 2.45) is 0 Å². The van der Waals surface area contributed by atoms with Crippen molar-refractivity contribution in [1.82, 2.24) is 9.80 Å². The normalized spacial score (nSPS) is 22.3. The van der Waals surface area contributed by atoms with Crippen molar-refractivity contribution in [3.05, 3.63) is 84.4 Å². The quantitative estimate of drug-likeness (QED) is 0.560. The van der Waals surface area contributed by atoms with E-state index in [0.717, 1.165) is 37.4 Å². The summed E-state index contributed by atoms with van der Waals surface area (Å²) in [7, 11) is 1.63. The number of hydrogen-bond donors (Lipinski definition) is 2. The predicted molar refractivity (Wildman–Crippen MR) is 139 cm³/mol. The van der Waals surface area contributed by atoms with E-state index in [1.807, 2.05) is 35.2 Å². The third kappa shape index (κ3) is 4.90. The smallest absolute Gasteiger partial charge is 0.321 e. The number of hydrogen-bond acceptors (Lipinski definition) is 4. The van der Waals surface area contributed by atoms with Crippen LogP contribution in [0, 0.1) is 0 Å². The molecule has 0 saturated carbocycles. The van der Waals surface area contributed by atoms with Crippen LogP contribution in [0.5, 0.6) is 5.75 Å². The summed E-state index contributed by atoms with van der Waals surface area (Å²) in [4.78, 5) is 17.5. The number of carbonyl (C=O) groups is 1. The summed E-state index contributed by atoms with van der Waals surface area (Å²) in [5.41, 5.74) is 4.36. The molecular weight excluding hydrogens is 438 g/mol. The molecule has 5 rings (SSSR count). The van der Waals surface area contributed by atoms with Crippen LogP contribution in [0.1, 0.15) is 24.3 Å². The van der Waals surface area contributed by atoms with Crippen molar-refractivity contribution in [3.8, 4) is 16.9 Å². The Hall–Kier alpha value is -3.35. The first-order valence-corrected chi connectivity index (χ1v) is 12.4.